The number of nitrogens with zero attached hydrogens (tertiary/aromatic N) is 2. The van der Waals surface area contributed by atoms with E-state index in [-0.39, 0.29) is 5.91 Å². The molecule has 0 radical (unpaired) electrons. The van der Waals surface area contributed by atoms with Gasteiger partial charge < -0.3 is 5.32 Å². The number of nitrogens with one attached hydrogen (secondary N) is 1. The summed E-state index contributed by atoms with van der Waals surface area (Å²) in [6.45, 7) is 0.596. The molecule has 0 aliphatic heterocycles. The molecular formula is C17H14ClN3O. The number of rotatable bonds is 4. The molecule has 22 heavy (non-hydrogen) atoms. The topological polar surface area (TPSA) is 46.9 Å². The number of amides is 1. The molecule has 1 N–H and O–H groups in total. The first kappa shape index (κ1) is 14.4. The lowest BCUT2D eigenvalue weighted by Gasteiger charge is -2.11. The molecule has 1 aromatic heterocycles. The molecule has 0 fully saturated rings. The van der Waals surface area contributed by atoms with Crippen molar-refractivity contribution in [3.8, 4) is 0 Å². The zero-order chi connectivity index (χ0) is 15.4. The summed E-state index contributed by atoms with van der Waals surface area (Å²) in [5, 5.41) is 7.66. The third-order valence-electron chi connectivity index (χ3n) is 3.24. The molecule has 0 atom stereocenters. The van der Waals surface area contributed by atoms with E-state index in [0.717, 1.165) is 11.3 Å². The molecule has 1 heterocycles. The van der Waals surface area contributed by atoms with Crippen LogP contribution >= 0.6 is 11.6 Å². The van der Waals surface area contributed by atoms with Gasteiger partial charge in [0.25, 0.3) is 5.91 Å². The molecule has 5 heteroatoms. The number of hydrogen-bond donors (Lipinski definition) is 1. The van der Waals surface area contributed by atoms with Crippen molar-refractivity contribution in [2.45, 2.75) is 6.54 Å². The first-order valence-corrected chi connectivity index (χ1v) is 7.22. The Balaban J connectivity index is 1.81. The van der Waals surface area contributed by atoms with Gasteiger partial charge in [0.15, 0.2) is 0 Å². The van der Waals surface area contributed by atoms with E-state index in [4.69, 9.17) is 11.6 Å². The van der Waals surface area contributed by atoms with Gasteiger partial charge in [-0.25, -0.2) is 0 Å². The molecule has 0 aliphatic carbocycles. The highest BCUT2D eigenvalue weighted by atomic mass is 35.5. The molecule has 1 amide bonds. The van der Waals surface area contributed by atoms with Crippen molar-refractivity contribution >= 4 is 23.2 Å². The number of halogens is 1. The summed E-state index contributed by atoms with van der Waals surface area (Å²) in [6.07, 6.45) is 3.61. The summed E-state index contributed by atoms with van der Waals surface area (Å²) >= 11 is 5.93. The normalized spacial score (nSPS) is 10.4. The Kier molecular flexibility index (Phi) is 4.21. The first-order chi connectivity index (χ1) is 10.7. The van der Waals surface area contributed by atoms with Crippen molar-refractivity contribution in [2.75, 3.05) is 5.32 Å². The molecule has 110 valence electrons. The van der Waals surface area contributed by atoms with Crippen LogP contribution in [0.25, 0.3) is 0 Å². The molecule has 4 nitrogen and oxygen atoms in total. The van der Waals surface area contributed by atoms with Crippen LogP contribution in [0, 0.1) is 0 Å². The molecule has 0 saturated carbocycles. The molecule has 0 spiro atoms. The molecule has 3 rings (SSSR count). The summed E-state index contributed by atoms with van der Waals surface area (Å²) in [5.74, 6) is -0.185. The van der Waals surface area contributed by atoms with Gasteiger partial charge in [0.05, 0.1) is 6.54 Å². The number of carbonyl (C=O) groups is 1. The highest BCUT2D eigenvalue weighted by Crippen LogP contribution is 2.18. The molecule has 0 aliphatic rings. The lowest BCUT2D eigenvalue weighted by molar-refractivity contribution is 0.102. The minimum Gasteiger partial charge on any atom is -0.322 e. The third kappa shape index (κ3) is 3.35. The number of hydrogen-bond acceptors (Lipinski definition) is 2. The lowest BCUT2D eigenvalue weighted by Crippen LogP contribution is -2.14. The van der Waals surface area contributed by atoms with E-state index in [9.17, 15) is 4.79 Å². The summed E-state index contributed by atoms with van der Waals surface area (Å²) in [5.41, 5.74) is 2.28. The Hall–Kier alpha value is -2.59. The third-order valence-corrected chi connectivity index (χ3v) is 3.48. The molecule has 3 aromatic rings. The van der Waals surface area contributed by atoms with Gasteiger partial charge in [-0.3, -0.25) is 9.48 Å². The summed E-state index contributed by atoms with van der Waals surface area (Å²) < 4.78 is 1.81. The Labute approximate surface area is 133 Å². The molecule has 2 aromatic carbocycles. The van der Waals surface area contributed by atoms with Crippen LogP contribution in [-0.4, -0.2) is 15.7 Å². The zero-order valence-electron chi connectivity index (χ0n) is 11.7. The van der Waals surface area contributed by atoms with Gasteiger partial charge in [-0.15, -0.1) is 0 Å². The monoisotopic (exact) mass is 311 g/mol. The molecular weight excluding hydrogens is 298 g/mol. The quantitative estimate of drug-likeness (QED) is 0.796. The molecule has 0 bridgehead atoms. The smallest absolute Gasteiger partial charge is 0.255 e. The van der Waals surface area contributed by atoms with Gasteiger partial charge in [0.2, 0.25) is 0 Å². The van der Waals surface area contributed by atoms with Crippen LogP contribution in [0.3, 0.4) is 0 Å². The predicted octanol–water partition coefficient (Wildman–Crippen LogP) is 3.84. The fraction of sp³-hybridized carbons (Fsp3) is 0.0588. The fourth-order valence-corrected chi connectivity index (χ4v) is 2.36. The van der Waals surface area contributed by atoms with Gasteiger partial charge in [-0.05, 0) is 35.9 Å². The molecule has 0 unspecified atom stereocenters. The SMILES string of the molecule is O=C(Nc1ccccc1Cn1cccn1)c1cccc(Cl)c1. The lowest BCUT2D eigenvalue weighted by atomic mass is 10.1. The predicted molar refractivity (Wildman–Crippen MR) is 87.2 cm³/mol. The summed E-state index contributed by atoms with van der Waals surface area (Å²) in [6, 6.07) is 16.4. The van der Waals surface area contributed by atoms with Crippen LogP contribution in [0.2, 0.25) is 5.02 Å². The van der Waals surface area contributed by atoms with Crippen LogP contribution in [0.4, 0.5) is 5.69 Å². The largest absolute Gasteiger partial charge is 0.322 e. The van der Waals surface area contributed by atoms with Crippen molar-refractivity contribution in [1.82, 2.24) is 9.78 Å². The average Bonchev–Trinajstić information content (AvgIpc) is 3.02. The van der Waals surface area contributed by atoms with Crippen LogP contribution < -0.4 is 5.32 Å². The van der Waals surface area contributed by atoms with E-state index in [1.165, 1.54) is 0 Å². The van der Waals surface area contributed by atoms with Crippen LogP contribution in [0.1, 0.15) is 15.9 Å². The maximum absolute atomic E-state index is 12.3. The maximum atomic E-state index is 12.3. The van der Waals surface area contributed by atoms with Gasteiger partial charge in [-0.1, -0.05) is 35.9 Å². The van der Waals surface area contributed by atoms with Crippen molar-refractivity contribution in [3.05, 3.63) is 83.1 Å². The van der Waals surface area contributed by atoms with Gasteiger partial charge in [-0.2, -0.15) is 5.10 Å². The maximum Gasteiger partial charge on any atom is 0.255 e. The van der Waals surface area contributed by atoms with E-state index < -0.39 is 0 Å². The van der Waals surface area contributed by atoms with Gasteiger partial charge in [0, 0.05) is 28.7 Å². The Bertz CT molecular complexity index is 784. The van der Waals surface area contributed by atoms with E-state index in [1.807, 2.05) is 41.2 Å². The minimum atomic E-state index is -0.185. The average molecular weight is 312 g/mol. The van der Waals surface area contributed by atoms with E-state index in [2.05, 4.69) is 10.4 Å². The van der Waals surface area contributed by atoms with Crippen molar-refractivity contribution in [2.24, 2.45) is 0 Å². The highest BCUT2D eigenvalue weighted by molar-refractivity contribution is 6.31. The Morgan fingerprint density at radius 2 is 2.00 bits per heavy atom. The van der Waals surface area contributed by atoms with Gasteiger partial charge in [0.1, 0.15) is 0 Å². The second-order valence-corrected chi connectivity index (χ2v) is 5.26. The Morgan fingerprint density at radius 1 is 1.14 bits per heavy atom. The number of aromatic nitrogens is 2. The highest BCUT2D eigenvalue weighted by Gasteiger charge is 2.09. The fourth-order valence-electron chi connectivity index (χ4n) is 2.17. The van der Waals surface area contributed by atoms with Crippen LogP contribution in [-0.2, 0) is 6.54 Å². The second kappa shape index (κ2) is 6.45. The van der Waals surface area contributed by atoms with Gasteiger partial charge >= 0.3 is 0 Å². The van der Waals surface area contributed by atoms with E-state index >= 15 is 0 Å². The summed E-state index contributed by atoms with van der Waals surface area (Å²) in [4.78, 5) is 12.3. The van der Waals surface area contributed by atoms with Crippen molar-refractivity contribution < 1.29 is 4.79 Å². The number of anilines is 1. The second-order valence-electron chi connectivity index (χ2n) is 4.83. The number of carbonyl (C=O) groups excluding carboxylic acids is 1. The van der Waals surface area contributed by atoms with Crippen molar-refractivity contribution in [1.29, 1.82) is 0 Å². The summed E-state index contributed by atoms with van der Waals surface area (Å²) in [7, 11) is 0. The van der Waals surface area contributed by atoms with E-state index in [1.54, 1.807) is 30.5 Å². The zero-order valence-corrected chi connectivity index (χ0v) is 12.5. The minimum absolute atomic E-state index is 0.185. The van der Waals surface area contributed by atoms with E-state index in [0.29, 0.717) is 17.1 Å². The van der Waals surface area contributed by atoms with Crippen LogP contribution in [0.5, 0.6) is 0 Å². The number of para-hydroxylation sites is 1. The van der Waals surface area contributed by atoms with Crippen LogP contribution in [0.15, 0.2) is 67.0 Å². The standard InChI is InChI=1S/C17H14ClN3O/c18-15-7-3-6-13(11-15)17(22)20-16-8-2-1-5-14(16)12-21-10-4-9-19-21/h1-11H,12H2,(H,20,22). The first-order valence-electron chi connectivity index (χ1n) is 6.84. The number of benzene rings is 2. The van der Waals surface area contributed by atoms with Crippen molar-refractivity contribution in [3.63, 3.8) is 0 Å². The molecule has 0 saturated heterocycles. The Morgan fingerprint density at radius 3 is 2.77 bits per heavy atom.